The summed E-state index contributed by atoms with van der Waals surface area (Å²) in [5.74, 6) is 0. The summed E-state index contributed by atoms with van der Waals surface area (Å²) in [6.45, 7) is 1.26. The van der Waals surface area contributed by atoms with E-state index in [1.807, 2.05) is 37.2 Å². The largest absolute Gasteiger partial charge is 0.390 e. The topological polar surface area (TPSA) is 35.5 Å². The Bertz CT molecular complexity index is 304. The predicted octanol–water partition coefficient (Wildman–Crippen LogP) is 1.63. The quantitative estimate of drug-likeness (QED) is 0.810. The molecule has 0 bridgehead atoms. The van der Waals surface area contributed by atoms with E-state index in [1.54, 1.807) is 0 Å². The Hall–Kier alpha value is -0.330. The highest BCUT2D eigenvalue weighted by atomic mass is 127. The number of hydrogen-bond donors (Lipinski definition) is 2. The molecule has 3 nitrogen and oxygen atoms in total. The van der Waals surface area contributed by atoms with Crippen LogP contribution >= 0.6 is 22.6 Å². The summed E-state index contributed by atoms with van der Waals surface area (Å²) >= 11 is 2.27. The average Bonchev–Trinajstić information content (AvgIpc) is 2.14. The molecule has 1 aromatic carbocycles. The van der Waals surface area contributed by atoms with E-state index in [4.69, 9.17) is 0 Å². The van der Waals surface area contributed by atoms with Crippen LogP contribution in [0.25, 0.3) is 0 Å². The third-order valence-electron chi connectivity index (χ3n) is 1.94. The highest BCUT2D eigenvalue weighted by Gasteiger charge is 2.04. The third kappa shape index (κ3) is 5.34. The van der Waals surface area contributed by atoms with Crippen molar-refractivity contribution in [3.8, 4) is 0 Å². The van der Waals surface area contributed by atoms with Gasteiger partial charge in [0, 0.05) is 22.3 Å². The van der Waals surface area contributed by atoms with Crippen LogP contribution in [0.4, 0.5) is 5.69 Å². The first kappa shape index (κ1) is 12.7. The molecule has 84 valence electrons. The van der Waals surface area contributed by atoms with Gasteiger partial charge < -0.3 is 15.3 Å². The number of aliphatic hydroxyl groups is 1. The Morgan fingerprint density at radius 3 is 2.80 bits per heavy atom. The Balaban J connectivity index is 2.36. The standard InChI is InChI=1S/C11H17IN2O/c1-14(2)8-11(15)7-13-10-5-3-4-9(12)6-10/h3-6,11,13,15H,7-8H2,1-2H3. The van der Waals surface area contributed by atoms with Crippen molar-refractivity contribution in [1.82, 2.24) is 4.90 Å². The van der Waals surface area contributed by atoms with Crippen molar-refractivity contribution in [3.05, 3.63) is 27.8 Å². The number of halogens is 1. The summed E-state index contributed by atoms with van der Waals surface area (Å²) < 4.78 is 1.19. The Morgan fingerprint density at radius 1 is 1.47 bits per heavy atom. The number of hydrogen-bond acceptors (Lipinski definition) is 3. The van der Waals surface area contributed by atoms with E-state index in [9.17, 15) is 5.11 Å². The minimum Gasteiger partial charge on any atom is -0.390 e. The maximum atomic E-state index is 9.64. The highest BCUT2D eigenvalue weighted by molar-refractivity contribution is 14.1. The fraction of sp³-hybridized carbons (Fsp3) is 0.455. The van der Waals surface area contributed by atoms with Gasteiger partial charge in [0.1, 0.15) is 0 Å². The van der Waals surface area contributed by atoms with Crippen molar-refractivity contribution >= 4 is 28.3 Å². The summed E-state index contributed by atoms with van der Waals surface area (Å²) in [5, 5.41) is 12.9. The van der Waals surface area contributed by atoms with Crippen molar-refractivity contribution < 1.29 is 5.11 Å². The smallest absolute Gasteiger partial charge is 0.0838 e. The minimum atomic E-state index is -0.335. The van der Waals surface area contributed by atoms with Gasteiger partial charge in [-0.05, 0) is 54.9 Å². The second-order valence-electron chi connectivity index (χ2n) is 3.81. The Kier molecular flexibility index (Phi) is 5.35. The molecular formula is C11H17IN2O. The van der Waals surface area contributed by atoms with Gasteiger partial charge >= 0.3 is 0 Å². The molecular weight excluding hydrogens is 303 g/mol. The Labute approximate surface area is 105 Å². The predicted molar refractivity (Wildman–Crippen MR) is 72.2 cm³/mol. The van der Waals surface area contributed by atoms with E-state index in [0.717, 1.165) is 5.69 Å². The van der Waals surface area contributed by atoms with Crippen molar-refractivity contribution in [3.63, 3.8) is 0 Å². The second kappa shape index (κ2) is 6.30. The summed E-state index contributed by atoms with van der Waals surface area (Å²) in [7, 11) is 3.91. The third-order valence-corrected chi connectivity index (χ3v) is 2.61. The molecule has 0 heterocycles. The Morgan fingerprint density at radius 2 is 2.20 bits per heavy atom. The van der Waals surface area contributed by atoms with Gasteiger partial charge in [0.05, 0.1) is 6.10 Å². The van der Waals surface area contributed by atoms with Gasteiger partial charge in [-0.3, -0.25) is 0 Å². The van der Waals surface area contributed by atoms with Crippen LogP contribution in [0.2, 0.25) is 0 Å². The molecule has 15 heavy (non-hydrogen) atoms. The average molecular weight is 320 g/mol. The van der Waals surface area contributed by atoms with Crippen LogP contribution in [0.3, 0.4) is 0 Å². The fourth-order valence-electron chi connectivity index (χ4n) is 1.32. The van der Waals surface area contributed by atoms with Crippen LogP contribution in [0.15, 0.2) is 24.3 Å². The SMILES string of the molecule is CN(C)CC(O)CNc1cccc(I)c1. The maximum Gasteiger partial charge on any atom is 0.0838 e. The van der Waals surface area contributed by atoms with Crippen molar-refractivity contribution in [2.75, 3.05) is 32.5 Å². The number of nitrogens with zero attached hydrogens (tertiary/aromatic N) is 1. The van der Waals surface area contributed by atoms with Crippen molar-refractivity contribution in [2.24, 2.45) is 0 Å². The molecule has 0 aliphatic rings. The molecule has 0 spiro atoms. The maximum absolute atomic E-state index is 9.64. The van der Waals surface area contributed by atoms with E-state index in [-0.39, 0.29) is 6.10 Å². The normalized spacial score (nSPS) is 12.9. The first-order chi connectivity index (χ1) is 7.08. The van der Waals surface area contributed by atoms with E-state index in [0.29, 0.717) is 13.1 Å². The minimum absolute atomic E-state index is 0.335. The van der Waals surface area contributed by atoms with E-state index < -0.39 is 0 Å². The van der Waals surface area contributed by atoms with E-state index in [1.165, 1.54) is 3.57 Å². The molecule has 0 saturated carbocycles. The van der Waals surface area contributed by atoms with Crippen LogP contribution < -0.4 is 5.32 Å². The summed E-state index contributed by atoms with van der Waals surface area (Å²) in [4.78, 5) is 1.97. The second-order valence-corrected chi connectivity index (χ2v) is 5.05. The van der Waals surface area contributed by atoms with Crippen molar-refractivity contribution in [1.29, 1.82) is 0 Å². The fourth-order valence-corrected chi connectivity index (χ4v) is 1.86. The molecule has 1 unspecified atom stereocenters. The van der Waals surface area contributed by atoms with Gasteiger partial charge in [0.25, 0.3) is 0 Å². The zero-order chi connectivity index (χ0) is 11.3. The summed E-state index contributed by atoms with van der Waals surface area (Å²) in [6, 6.07) is 8.11. The molecule has 0 aromatic heterocycles. The first-order valence-electron chi connectivity index (χ1n) is 4.90. The number of aliphatic hydroxyl groups excluding tert-OH is 1. The molecule has 1 aromatic rings. The first-order valence-corrected chi connectivity index (χ1v) is 5.98. The zero-order valence-corrected chi connectivity index (χ0v) is 11.2. The molecule has 2 N–H and O–H groups in total. The van der Waals surface area contributed by atoms with Gasteiger partial charge in [0.15, 0.2) is 0 Å². The summed E-state index contributed by atoms with van der Waals surface area (Å²) in [6.07, 6.45) is -0.335. The van der Waals surface area contributed by atoms with Gasteiger partial charge in [-0.15, -0.1) is 0 Å². The molecule has 0 aliphatic heterocycles. The zero-order valence-electron chi connectivity index (χ0n) is 9.07. The highest BCUT2D eigenvalue weighted by Crippen LogP contribution is 2.12. The van der Waals surface area contributed by atoms with Crippen LogP contribution in [-0.2, 0) is 0 Å². The van der Waals surface area contributed by atoms with Gasteiger partial charge in [0.2, 0.25) is 0 Å². The number of rotatable bonds is 5. The molecule has 1 rings (SSSR count). The molecule has 0 fully saturated rings. The molecule has 0 radical (unpaired) electrons. The molecule has 4 heteroatoms. The number of likely N-dealkylation sites (N-methyl/N-ethyl adjacent to an activating group) is 1. The lowest BCUT2D eigenvalue weighted by Crippen LogP contribution is -2.31. The lowest BCUT2D eigenvalue weighted by atomic mass is 10.3. The summed E-state index contributed by atoms with van der Waals surface area (Å²) in [5.41, 5.74) is 1.06. The van der Waals surface area contributed by atoms with E-state index >= 15 is 0 Å². The lowest BCUT2D eigenvalue weighted by molar-refractivity contribution is 0.148. The molecule has 0 aliphatic carbocycles. The molecule has 1 atom stereocenters. The van der Waals surface area contributed by atoms with Crippen LogP contribution in [-0.4, -0.2) is 43.3 Å². The molecule has 0 saturated heterocycles. The number of benzene rings is 1. The van der Waals surface area contributed by atoms with Gasteiger partial charge in [-0.2, -0.15) is 0 Å². The van der Waals surface area contributed by atoms with Gasteiger partial charge in [-0.25, -0.2) is 0 Å². The van der Waals surface area contributed by atoms with Crippen molar-refractivity contribution in [2.45, 2.75) is 6.10 Å². The van der Waals surface area contributed by atoms with Crippen LogP contribution in [0, 0.1) is 3.57 Å². The molecule has 0 amide bonds. The number of nitrogens with one attached hydrogen (secondary N) is 1. The van der Waals surface area contributed by atoms with Crippen LogP contribution in [0.5, 0.6) is 0 Å². The monoisotopic (exact) mass is 320 g/mol. The van der Waals surface area contributed by atoms with Crippen LogP contribution in [0.1, 0.15) is 0 Å². The van der Waals surface area contributed by atoms with E-state index in [2.05, 4.69) is 34.0 Å². The van der Waals surface area contributed by atoms with Gasteiger partial charge in [-0.1, -0.05) is 6.07 Å². The lowest BCUT2D eigenvalue weighted by Gasteiger charge is -2.17. The number of anilines is 1.